The Morgan fingerprint density at radius 2 is 1.73 bits per heavy atom. The molecule has 0 spiro atoms. The summed E-state index contributed by atoms with van der Waals surface area (Å²) in [7, 11) is 0. The van der Waals surface area contributed by atoms with Crippen molar-refractivity contribution in [3.05, 3.63) is 0 Å². The molecule has 0 bridgehead atoms. The Hall–Kier alpha value is -0.570. The van der Waals surface area contributed by atoms with Crippen LogP contribution in [-0.4, -0.2) is 48.9 Å². The summed E-state index contributed by atoms with van der Waals surface area (Å²) < 4.78 is 0. The summed E-state index contributed by atoms with van der Waals surface area (Å²) in [6.45, 7) is 5.87. The maximum atomic E-state index is 10.6. The van der Waals surface area contributed by atoms with E-state index >= 15 is 0 Å². The van der Waals surface area contributed by atoms with Crippen molar-refractivity contribution >= 4 is 6.41 Å². The number of nitrogens with zero attached hydrogens (tertiary/aromatic N) is 2. The van der Waals surface area contributed by atoms with Crippen LogP contribution in [0, 0.1) is 5.92 Å². The number of amides is 1. The molecule has 0 aliphatic carbocycles. The summed E-state index contributed by atoms with van der Waals surface area (Å²) in [5.41, 5.74) is 0. The molecule has 2 aliphatic heterocycles. The lowest BCUT2D eigenvalue weighted by Gasteiger charge is -2.30. The van der Waals surface area contributed by atoms with Crippen molar-refractivity contribution in [3.8, 4) is 0 Å². The standard InChI is InChI=1S/C12H22N2O/c15-11-14-9-4-12(5-10-14)3-8-13-6-1-2-7-13/h11-12H,1-10H2. The Balaban J connectivity index is 1.61. The lowest BCUT2D eigenvalue weighted by molar-refractivity contribution is -0.119. The average molecular weight is 210 g/mol. The summed E-state index contributed by atoms with van der Waals surface area (Å²) in [6.07, 6.45) is 7.55. The first kappa shape index (κ1) is 10.9. The van der Waals surface area contributed by atoms with E-state index in [4.69, 9.17) is 0 Å². The summed E-state index contributed by atoms with van der Waals surface area (Å²) in [5.74, 6) is 0.863. The topological polar surface area (TPSA) is 23.6 Å². The monoisotopic (exact) mass is 210 g/mol. The molecule has 0 atom stereocenters. The van der Waals surface area contributed by atoms with Crippen LogP contribution in [0.5, 0.6) is 0 Å². The summed E-state index contributed by atoms with van der Waals surface area (Å²) >= 11 is 0. The molecule has 86 valence electrons. The summed E-state index contributed by atoms with van der Waals surface area (Å²) in [5, 5.41) is 0. The molecule has 15 heavy (non-hydrogen) atoms. The fraction of sp³-hybridized carbons (Fsp3) is 0.917. The van der Waals surface area contributed by atoms with E-state index in [0.29, 0.717) is 0 Å². The lowest BCUT2D eigenvalue weighted by Crippen LogP contribution is -2.33. The van der Waals surface area contributed by atoms with Crippen molar-refractivity contribution in [2.75, 3.05) is 32.7 Å². The lowest BCUT2D eigenvalue weighted by atomic mass is 9.94. The Bertz CT molecular complexity index is 194. The number of hydrogen-bond donors (Lipinski definition) is 0. The van der Waals surface area contributed by atoms with Gasteiger partial charge in [-0.15, -0.1) is 0 Å². The SMILES string of the molecule is O=CN1CCC(CCN2CCCC2)CC1. The molecule has 2 heterocycles. The third-order valence-electron chi connectivity index (χ3n) is 3.85. The van der Waals surface area contributed by atoms with Crippen LogP contribution in [0.25, 0.3) is 0 Å². The van der Waals surface area contributed by atoms with Crippen molar-refractivity contribution in [2.24, 2.45) is 5.92 Å². The van der Waals surface area contributed by atoms with Gasteiger partial charge in [-0.2, -0.15) is 0 Å². The highest BCUT2D eigenvalue weighted by Gasteiger charge is 2.19. The van der Waals surface area contributed by atoms with Gasteiger partial charge in [-0.3, -0.25) is 4.79 Å². The third kappa shape index (κ3) is 3.20. The third-order valence-corrected chi connectivity index (χ3v) is 3.85. The fourth-order valence-corrected chi connectivity index (χ4v) is 2.72. The second-order valence-corrected chi connectivity index (χ2v) is 4.92. The van der Waals surface area contributed by atoms with Crippen molar-refractivity contribution < 1.29 is 4.79 Å². The predicted molar refractivity (Wildman–Crippen MR) is 60.7 cm³/mol. The van der Waals surface area contributed by atoms with Crippen LogP contribution in [-0.2, 0) is 4.79 Å². The Kier molecular flexibility index (Phi) is 4.01. The maximum Gasteiger partial charge on any atom is 0.209 e. The minimum Gasteiger partial charge on any atom is -0.345 e. The fourth-order valence-electron chi connectivity index (χ4n) is 2.72. The van der Waals surface area contributed by atoms with Gasteiger partial charge in [0.05, 0.1) is 0 Å². The smallest absolute Gasteiger partial charge is 0.209 e. The average Bonchev–Trinajstić information content (AvgIpc) is 2.80. The van der Waals surface area contributed by atoms with E-state index in [1.165, 1.54) is 51.7 Å². The van der Waals surface area contributed by atoms with Crippen LogP contribution in [0.4, 0.5) is 0 Å². The van der Waals surface area contributed by atoms with Gasteiger partial charge in [0, 0.05) is 13.1 Å². The van der Waals surface area contributed by atoms with E-state index in [1.807, 2.05) is 4.90 Å². The minimum atomic E-state index is 0.863. The van der Waals surface area contributed by atoms with Gasteiger partial charge in [0.1, 0.15) is 0 Å². The molecule has 0 saturated carbocycles. The molecule has 2 aliphatic rings. The van der Waals surface area contributed by atoms with Crippen LogP contribution in [0.3, 0.4) is 0 Å². The number of hydrogen-bond acceptors (Lipinski definition) is 2. The van der Waals surface area contributed by atoms with Crippen molar-refractivity contribution in [1.82, 2.24) is 9.80 Å². The van der Waals surface area contributed by atoms with Gasteiger partial charge in [-0.25, -0.2) is 0 Å². The molecule has 0 unspecified atom stereocenters. The van der Waals surface area contributed by atoms with Crippen LogP contribution in [0.2, 0.25) is 0 Å². The zero-order valence-electron chi connectivity index (χ0n) is 9.53. The molecular formula is C12H22N2O. The van der Waals surface area contributed by atoms with Crippen molar-refractivity contribution in [3.63, 3.8) is 0 Å². The van der Waals surface area contributed by atoms with E-state index in [9.17, 15) is 4.79 Å². The zero-order chi connectivity index (χ0) is 10.5. The first-order valence-electron chi connectivity index (χ1n) is 6.30. The highest BCUT2D eigenvalue weighted by Crippen LogP contribution is 2.20. The summed E-state index contributed by atoms with van der Waals surface area (Å²) in [6, 6.07) is 0. The number of carbonyl (C=O) groups excluding carboxylic acids is 1. The molecule has 0 aromatic carbocycles. The van der Waals surface area contributed by atoms with E-state index in [2.05, 4.69) is 4.90 Å². The molecule has 0 aromatic rings. The number of likely N-dealkylation sites (tertiary alicyclic amines) is 2. The highest BCUT2D eigenvalue weighted by molar-refractivity contribution is 5.47. The maximum absolute atomic E-state index is 10.6. The Labute approximate surface area is 92.4 Å². The number of carbonyl (C=O) groups is 1. The van der Waals surface area contributed by atoms with Crippen molar-refractivity contribution in [1.29, 1.82) is 0 Å². The van der Waals surface area contributed by atoms with Gasteiger partial charge in [0.15, 0.2) is 0 Å². The van der Waals surface area contributed by atoms with E-state index in [0.717, 1.165) is 25.4 Å². The first-order valence-corrected chi connectivity index (χ1v) is 6.30. The minimum absolute atomic E-state index is 0.863. The van der Waals surface area contributed by atoms with E-state index < -0.39 is 0 Å². The highest BCUT2D eigenvalue weighted by atomic mass is 16.1. The second kappa shape index (κ2) is 5.50. The molecule has 3 nitrogen and oxygen atoms in total. The van der Waals surface area contributed by atoms with Crippen LogP contribution in [0.1, 0.15) is 32.1 Å². The van der Waals surface area contributed by atoms with Gasteiger partial charge < -0.3 is 9.80 Å². The molecule has 3 heteroatoms. The molecule has 0 N–H and O–H groups in total. The van der Waals surface area contributed by atoms with Gasteiger partial charge >= 0.3 is 0 Å². The van der Waals surface area contributed by atoms with Crippen LogP contribution < -0.4 is 0 Å². The van der Waals surface area contributed by atoms with Gasteiger partial charge in [0.25, 0.3) is 0 Å². The molecule has 0 aromatic heterocycles. The van der Waals surface area contributed by atoms with Crippen molar-refractivity contribution in [2.45, 2.75) is 32.1 Å². The summed E-state index contributed by atoms with van der Waals surface area (Å²) in [4.78, 5) is 15.0. The molecule has 0 radical (unpaired) electrons. The second-order valence-electron chi connectivity index (χ2n) is 4.92. The van der Waals surface area contributed by atoms with Gasteiger partial charge in [-0.1, -0.05) is 0 Å². The largest absolute Gasteiger partial charge is 0.345 e. The van der Waals surface area contributed by atoms with E-state index in [1.54, 1.807) is 0 Å². The Morgan fingerprint density at radius 1 is 1.07 bits per heavy atom. The van der Waals surface area contributed by atoms with Gasteiger partial charge in [0.2, 0.25) is 6.41 Å². The molecule has 2 saturated heterocycles. The van der Waals surface area contributed by atoms with Crippen LogP contribution in [0.15, 0.2) is 0 Å². The molecule has 2 rings (SSSR count). The zero-order valence-corrected chi connectivity index (χ0v) is 9.53. The number of rotatable bonds is 4. The Morgan fingerprint density at radius 3 is 2.33 bits per heavy atom. The van der Waals surface area contributed by atoms with Crippen LogP contribution >= 0.6 is 0 Å². The molecule has 2 fully saturated rings. The van der Waals surface area contributed by atoms with Gasteiger partial charge in [-0.05, 0) is 57.7 Å². The predicted octanol–water partition coefficient (Wildman–Crippen LogP) is 1.34. The quantitative estimate of drug-likeness (QED) is 0.654. The van der Waals surface area contributed by atoms with E-state index in [-0.39, 0.29) is 0 Å². The molecule has 1 amide bonds. The first-order chi connectivity index (χ1) is 7.38. The normalized spacial score (nSPS) is 24.7. The number of piperidine rings is 1. The molecular weight excluding hydrogens is 188 g/mol.